The predicted molar refractivity (Wildman–Crippen MR) is 95.9 cm³/mol. The minimum Gasteiger partial charge on any atom is -0.403 e. The maximum atomic E-state index is 12.0. The first-order valence-electron chi connectivity index (χ1n) is 7.46. The SMILES string of the molecule is C[Si](C)(C)C#Cc1ccc(-c2nc3ccccc3c(=O)o2)cc1. The number of fused-ring (bicyclic) bond motifs is 1. The van der Waals surface area contributed by atoms with E-state index in [4.69, 9.17) is 4.42 Å². The number of para-hydroxylation sites is 1. The molecule has 2 aromatic carbocycles. The van der Waals surface area contributed by atoms with Crippen LogP contribution in [0.1, 0.15) is 5.56 Å². The molecule has 0 atom stereocenters. The Bertz CT molecular complexity index is 970. The summed E-state index contributed by atoms with van der Waals surface area (Å²) in [6, 6.07) is 14.8. The molecule has 0 aliphatic heterocycles. The van der Waals surface area contributed by atoms with Gasteiger partial charge < -0.3 is 4.42 Å². The molecule has 1 aromatic heterocycles. The molecule has 0 amide bonds. The van der Waals surface area contributed by atoms with E-state index in [1.807, 2.05) is 36.4 Å². The van der Waals surface area contributed by atoms with Gasteiger partial charge in [-0.05, 0) is 36.4 Å². The highest BCUT2D eigenvalue weighted by Gasteiger charge is 2.09. The molecular weight excluding hydrogens is 302 g/mol. The maximum absolute atomic E-state index is 12.0. The van der Waals surface area contributed by atoms with Gasteiger partial charge in [0, 0.05) is 11.1 Å². The minimum atomic E-state index is -1.39. The highest BCUT2D eigenvalue weighted by molar-refractivity contribution is 6.83. The molecule has 0 spiro atoms. The summed E-state index contributed by atoms with van der Waals surface area (Å²) in [5.74, 6) is 3.54. The van der Waals surface area contributed by atoms with Crippen LogP contribution >= 0.6 is 0 Å². The Labute approximate surface area is 136 Å². The van der Waals surface area contributed by atoms with Crippen LogP contribution in [-0.4, -0.2) is 13.1 Å². The van der Waals surface area contributed by atoms with Crippen LogP contribution in [0.15, 0.2) is 57.7 Å². The van der Waals surface area contributed by atoms with Crippen molar-refractivity contribution >= 4 is 19.0 Å². The number of benzene rings is 2. The second-order valence-electron chi connectivity index (χ2n) is 6.40. The number of rotatable bonds is 1. The average molecular weight is 319 g/mol. The van der Waals surface area contributed by atoms with Crippen LogP contribution in [0.2, 0.25) is 19.6 Å². The summed E-state index contributed by atoms with van der Waals surface area (Å²) in [5, 5.41) is 0.494. The third-order valence-corrected chi connectivity index (χ3v) is 4.12. The first kappa shape index (κ1) is 15.3. The Hall–Kier alpha value is -2.64. The van der Waals surface area contributed by atoms with Gasteiger partial charge in [-0.1, -0.05) is 37.7 Å². The molecule has 1 heterocycles. The first-order chi connectivity index (χ1) is 10.9. The van der Waals surface area contributed by atoms with Gasteiger partial charge in [0.15, 0.2) is 0 Å². The molecule has 0 bridgehead atoms. The van der Waals surface area contributed by atoms with Crippen molar-refractivity contribution in [3.63, 3.8) is 0 Å². The van der Waals surface area contributed by atoms with Crippen molar-refractivity contribution in [3.05, 3.63) is 64.5 Å². The van der Waals surface area contributed by atoms with E-state index in [9.17, 15) is 4.79 Å². The lowest BCUT2D eigenvalue weighted by Gasteiger charge is -2.04. The van der Waals surface area contributed by atoms with Gasteiger partial charge in [-0.15, -0.1) is 5.54 Å². The molecule has 0 saturated heterocycles. The van der Waals surface area contributed by atoms with Gasteiger partial charge >= 0.3 is 5.63 Å². The Morgan fingerprint density at radius 1 is 1.00 bits per heavy atom. The fourth-order valence-corrected chi connectivity index (χ4v) is 2.62. The predicted octanol–water partition coefficient (Wildman–Crippen LogP) is 4.08. The standard InChI is InChI=1S/C19H17NO2Si/c1-23(2,3)13-12-14-8-10-15(11-9-14)18-20-17-7-5-4-6-16(17)19(21)22-18/h4-11H,1-3H3. The molecule has 114 valence electrons. The van der Waals surface area contributed by atoms with Crippen LogP contribution in [-0.2, 0) is 0 Å². The summed E-state index contributed by atoms with van der Waals surface area (Å²) >= 11 is 0. The van der Waals surface area contributed by atoms with E-state index in [2.05, 4.69) is 36.1 Å². The number of hydrogen-bond acceptors (Lipinski definition) is 3. The van der Waals surface area contributed by atoms with Gasteiger partial charge in [-0.2, -0.15) is 0 Å². The topological polar surface area (TPSA) is 43.1 Å². The summed E-state index contributed by atoms with van der Waals surface area (Å²) in [4.78, 5) is 16.5. The zero-order chi connectivity index (χ0) is 16.4. The Balaban J connectivity index is 1.99. The lowest BCUT2D eigenvalue weighted by atomic mass is 10.1. The van der Waals surface area contributed by atoms with E-state index < -0.39 is 8.07 Å². The maximum Gasteiger partial charge on any atom is 0.347 e. The lowest BCUT2D eigenvalue weighted by molar-refractivity contribution is 0.518. The summed E-state index contributed by atoms with van der Waals surface area (Å²) in [7, 11) is -1.39. The molecule has 0 aliphatic rings. The van der Waals surface area contributed by atoms with Crippen LogP contribution in [0, 0.1) is 11.5 Å². The molecule has 0 fully saturated rings. The monoisotopic (exact) mass is 319 g/mol. The molecular formula is C19H17NO2Si. The van der Waals surface area contributed by atoms with Crippen molar-refractivity contribution in [3.8, 4) is 22.9 Å². The van der Waals surface area contributed by atoms with Crippen LogP contribution in [0.25, 0.3) is 22.4 Å². The molecule has 3 aromatic rings. The van der Waals surface area contributed by atoms with E-state index in [-0.39, 0.29) is 5.63 Å². The van der Waals surface area contributed by atoms with Crippen LogP contribution < -0.4 is 5.63 Å². The van der Waals surface area contributed by atoms with E-state index >= 15 is 0 Å². The molecule has 0 radical (unpaired) electrons. The zero-order valence-electron chi connectivity index (χ0n) is 13.4. The van der Waals surface area contributed by atoms with E-state index in [0.29, 0.717) is 16.8 Å². The van der Waals surface area contributed by atoms with Crippen molar-refractivity contribution in [1.82, 2.24) is 4.98 Å². The number of nitrogens with zero attached hydrogens (tertiary/aromatic N) is 1. The van der Waals surface area contributed by atoms with Crippen molar-refractivity contribution < 1.29 is 4.42 Å². The highest BCUT2D eigenvalue weighted by atomic mass is 28.3. The fraction of sp³-hybridized carbons (Fsp3) is 0.158. The van der Waals surface area contributed by atoms with Crippen LogP contribution in [0.4, 0.5) is 0 Å². The molecule has 23 heavy (non-hydrogen) atoms. The average Bonchev–Trinajstić information content (AvgIpc) is 2.53. The van der Waals surface area contributed by atoms with Crippen LogP contribution in [0.3, 0.4) is 0 Å². The summed E-state index contributed by atoms with van der Waals surface area (Å²) in [6.07, 6.45) is 0. The molecule has 0 aliphatic carbocycles. The van der Waals surface area contributed by atoms with Crippen LogP contribution in [0.5, 0.6) is 0 Å². The molecule has 0 saturated carbocycles. The molecule has 3 nitrogen and oxygen atoms in total. The second-order valence-corrected chi connectivity index (χ2v) is 11.2. The minimum absolute atomic E-state index is 0.332. The van der Waals surface area contributed by atoms with E-state index in [1.165, 1.54) is 0 Å². The van der Waals surface area contributed by atoms with Gasteiger partial charge in [0.05, 0.1) is 10.9 Å². The van der Waals surface area contributed by atoms with Gasteiger partial charge in [0.2, 0.25) is 5.89 Å². The van der Waals surface area contributed by atoms with Gasteiger partial charge in [-0.3, -0.25) is 0 Å². The van der Waals surface area contributed by atoms with Gasteiger partial charge in [0.25, 0.3) is 0 Å². The third kappa shape index (κ3) is 3.58. The smallest absolute Gasteiger partial charge is 0.347 e. The Kier molecular flexibility index (Phi) is 3.89. The summed E-state index contributed by atoms with van der Waals surface area (Å²) < 4.78 is 5.33. The number of aromatic nitrogens is 1. The Morgan fingerprint density at radius 3 is 2.39 bits per heavy atom. The van der Waals surface area contributed by atoms with Crippen molar-refractivity contribution in [2.24, 2.45) is 0 Å². The summed E-state index contributed by atoms with van der Waals surface area (Å²) in [6.45, 7) is 6.63. The molecule has 3 rings (SSSR count). The van der Waals surface area contributed by atoms with Gasteiger partial charge in [0.1, 0.15) is 8.07 Å². The second kappa shape index (κ2) is 5.86. The summed E-state index contributed by atoms with van der Waals surface area (Å²) in [5.41, 5.74) is 5.33. The fourth-order valence-electron chi connectivity index (χ4n) is 2.10. The van der Waals surface area contributed by atoms with E-state index in [1.54, 1.807) is 12.1 Å². The van der Waals surface area contributed by atoms with Crippen molar-refractivity contribution in [2.45, 2.75) is 19.6 Å². The lowest BCUT2D eigenvalue weighted by Crippen LogP contribution is -2.16. The Morgan fingerprint density at radius 2 is 1.70 bits per heavy atom. The zero-order valence-corrected chi connectivity index (χ0v) is 14.4. The van der Waals surface area contributed by atoms with E-state index in [0.717, 1.165) is 11.1 Å². The quantitative estimate of drug-likeness (QED) is 0.501. The highest BCUT2D eigenvalue weighted by Crippen LogP contribution is 2.19. The largest absolute Gasteiger partial charge is 0.403 e. The molecule has 4 heteroatoms. The molecule has 0 unspecified atom stereocenters. The van der Waals surface area contributed by atoms with Crippen molar-refractivity contribution in [2.75, 3.05) is 0 Å². The first-order valence-corrected chi connectivity index (χ1v) is 11.0. The normalized spacial score (nSPS) is 11.1. The number of hydrogen-bond donors (Lipinski definition) is 0. The van der Waals surface area contributed by atoms with Crippen molar-refractivity contribution in [1.29, 1.82) is 0 Å². The molecule has 0 N–H and O–H groups in total. The van der Waals surface area contributed by atoms with Gasteiger partial charge in [-0.25, -0.2) is 9.78 Å². The third-order valence-electron chi connectivity index (χ3n) is 3.25.